The molecule has 43 heavy (non-hydrogen) atoms. The summed E-state index contributed by atoms with van der Waals surface area (Å²) >= 11 is 3.38. The number of benzene rings is 4. The van der Waals surface area contributed by atoms with Crippen molar-refractivity contribution in [3.05, 3.63) is 112 Å². The molecular weight excluding hydrogens is 634 g/mol. The van der Waals surface area contributed by atoms with E-state index in [-0.39, 0.29) is 22.1 Å². The lowest BCUT2D eigenvalue weighted by Crippen LogP contribution is -2.38. The molecule has 2 N–H and O–H groups in total. The zero-order chi connectivity index (χ0) is 31.0. The molecule has 9 nitrogen and oxygen atoms in total. The predicted molar refractivity (Wildman–Crippen MR) is 171 cm³/mol. The number of carbonyl (C=O) groups excluding carboxylic acids is 2. The number of methoxy groups -OCH3 is 2. The van der Waals surface area contributed by atoms with Gasteiger partial charge in [-0.1, -0.05) is 57.9 Å². The molecule has 0 atom stereocenters. The average Bonchev–Trinajstić information content (AvgIpc) is 3.00. The average molecular weight is 667 g/mol. The van der Waals surface area contributed by atoms with Gasteiger partial charge < -0.3 is 20.1 Å². The van der Waals surface area contributed by atoms with Crippen LogP contribution in [0, 0.1) is 6.92 Å². The predicted octanol–water partition coefficient (Wildman–Crippen LogP) is 5.58. The van der Waals surface area contributed by atoms with Crippen LogP contribution in [0.1, 0.15) is 21.5 Å². The van der Waals surface area contributed by atoms with Crippen LogP contribution < -0.4 is 24.4 Å². The van der Waals surface area contributed by atoms with Gasteiger partial charge in [0.25, 0.3) is 15.9 Å². The Bertz CT molecular complexity index is 1710. The molecule has 0 saturated carbocycles. The number of halogens is 1. The molecule has 0 fully saturated rings. The number of anilines is 2. The second-order valence-corrected chi connectivity index (χ2v) is 12.4. The molecule has 224 valence electrons. The highest BCUT2D eigenvalue weighted by Gasteiger charge is 2.28. The minimum atomic E-state index is -4.09. The van der Waals surface area contributed by atoms with E-state index in [2.05, 4.69) is 26.6 Å². The van der Waals surface area contributed by atoms with E-state index < -0.39 is 22.5 Å². The van der Waals surface area contributed by atoms with Gasteiger partial charge in [-0.3, -0.25) is 13.9 Å². The number of rotatable bonds is 12. The van der Waals surface area contributed by atoms with Crippen LogP contribution in [0.4, 0.5) is 11.4 Å². The number of aryl methyl sites for hydroxylation is 1. The van der Waals surface area contributed by atoms with E-state index in [0.29, 0.717) is 34.6 Å². The molecule has 0 aromatic heterocycles. The lowest BCUT2D eigenvalue weighted by atomic mass is 10.1. The van der Waals surface area contributed by atoms with Gasteiger partial charge in [0.1, 0.15) is 6.54 Å². The quantitative estimate of drug-likeness (QED) is 0.204. The first-order valence-electron chi connectivity index (χ1n) is 13.4. The molecule has 0 heterocycles. The number of nitrogens with one attached hydrogen (secondary N) is 2. The molecule has 0 aliphatic heterocycles. The maximum Gasteiger partial charge on any atom is 0.264 e. The van der Waals surface area contributed by atoms with Crippen LogP contribution in [-0.4, -0.2) is 47.5 Å². The topological polar surface area (TPSA) is 114 Å². The van der Waals surface area contributed by atoms with Crippen molar-refractivity contribution in [1.82, 2.24) is 5.32 Å². The Kier molecular flexibility index (Phi) is 10.4. The Labute approximate surface area is 260 Å². The second kappa shape index (κ2) is 14.2. The summed E-state index contributed by atoms with van der Waals surface area (Å²) in [6, 6.07) is 25.2. The Hall–Kier alpha value is -4.35. The minimum Gasteiger partial charge on any atom is -0.493 e. The van der Waals surface area contributed by atoms with Crippen LogP contribution in [0.2, 0.25) is 0 Å². The lowest BCUT2D eigenvalue weighted by Gasteiger charge is -2.24. The summed E-state index contributed by atoms with van der Waals surface area (Å²) in [7, 11) is -0.969. The number of sulfonamides is 1. The van der Waals surface area contributed by atoms with E-state index in [1.54, 1.807) is 80.9 Å². The van der Waals surface area contributed by atoms with Crippen molar-refractivity contribution >= 4 is 49.1 Å². The SMILES string of the molecule is COc1ccc(CCNC(=O)c2ccccc2NC(=O)CN(c2cccc(Br)c2)S(=O)(=O)c2ccc(C)cc2)cc1OC. The summed E-state index contributed by atoms with van der Waals surface area (Å²) in [6.07, 6.45) is 0.541. The maximum absolute atomic E-state index is 13.7. The summed E-state index contributed by atoms with van der Waals surface area (Å²) < 4.78 is 39.7. The summed E-state index contributed by atoms with van der Waals surface area (Å²) in [5, 5.41) is 5.60. The Morgan fingerprint density at radius 3 is 2.28 bits per heavy atom. The van der Waals surface area contributed by atoms with Gasteiger partial charge in [-0.15, -0.1) is 0 Å². The van der Waals surface area contributed by atoms with Crippen molar-refractivity contribution in [2.24, 2.45) is 0 Å². The monoisotopic (exact) mass is 665 g/mol. The van der Waals surface area contributed by atoms with E-state index >= 15 is 0 Å². The van der Waals surface area contributed by atoms with Crippen LogP contribution in [-0.2, 0) is 21.2 Å². The van der Waals surface area contributed by atoms with Gasteiger partial charge in [-0.25, -0.2) is 8.42 Å². The fourth-order valence-corrected chi connectivity index (χ4v) is 6.15. The molecule has 2 amide bonds. The highest BCUT2D eigenvalue weighted by atomic mass is 79.9. The summed E-state index contributed by atoms with van der Waals surface area (Å²) in [5.74, 6) is 0.222. The molecule has 0 bridgehead atoms. The van der Waals surface area contributed by atoms with Gasteiger partial charge in [0.05, 0.1) is 36.1 Å². The number of nitrogens with zero attached hydrogens (tertiary/aromatic N) is 1. The lowest BCUT2D eigenvalue weighted by molar-refractivity contribution is -0.114. The zero-order valence-corrected chi connectivity index (χ0v) is 26.4. The fraction of sp³-hybridized carbons (Fsp3) is 0.188. The number of amides is 2. The third-order valence-corrected chi connectivity index (χ3v) is 8.87. The fourth-order valence-electron chi connectivity index (χ4n) is 4.35. The standard InChI is InChI=1S/C32H32BrN3O6S/c1-22-11-14-26(15-12-22)43(39,40)36(25-8-6-7-24(33)20-25)21-31(37)35-28-10-5-4-9-27(28)32(38)34-18-17-23-13-16-29(41-2)30(19-23)42-3/h4-16,19-20H,17-18,21H2,1-3H3,(H,34,38)(H,35,37). The van der Waals surface area contributed by atoms with Gasteiger partial charge in [-0.05, 0) is 73.5 Å². The van der Waals surface area contributed by atoms with Gasteiger partial charge in [-0.2, -0.15) is 0 Å². The van der Waals surface area contributed by atoms with Crippen LogP contribution in [0.15, 0.2) is 100 Å². The molecule has 0 spiro atoms. The highest BCUT2D eigenvalue weighted by molar-refractivity contribution is 9.10. The first kappa shape index (κ1) is 31.6. The van der Waals surface area contributed by atoms with Crippen LogP contribution in [0.3, 0.4) is 0 Å². The van der Waals surface area contributed by atoms with Crippen molar-refractivity contribution in [3.8, 4) is 11.5 Å². The normalized spacial score (nSPS) is 11.0. The third kappa shape index (κ3) is 7.94. The van der Waals surface area contributed by atoms with Crippen molar-refractivity contribution in [1.29, 1.82) is 0 Å². The largest absolute Gasteiger partial charge is 0.493 e. The number of hydrogen-bond acceptors (Lipinski definition) is 6. The maximum atomic E-state index is 13.7. The van der Waals surface area contributed by atoms with E-state index in [9.17, 15) is 18.0 Å². The van der Waals surface area contributed by atoms with E-state index in [1.165, 1.54) is 12.1 Å². The van der Waals surface area contributed by atoms with E-state index in [0.717, 1.165) is 15.4 Å². The van der Waals surface area contributed by atoms with E-state index in [1.807, 2.05) is 19.1 Å². The number of carbonyl (C=O) groups is 2. The molecule has 4 aromatic rings. The molecule has 0 radical (unpaired) electrons. The molecule has 4 aromatic carbocycles. The van der Waals surface area contributed by atoms with Crippen LogP contribution in [0.5, 0.6) is 11.5 Å². The Morgan fingerprint density at radius 1 is 0.860 bits per heavy atom. The molecule has 11 heteroatoms. The number of para-hydroxylation sites is 1. The summed E-state index contributed by atoms with van der Waals surface area (Å²) in [6.45, 7) is 1.68. The van der Waals surface area contributed by atoms with Crippen molar-refractivity contribution in [2.75, 3.05) is 36.9 Å². The number of hydrogen-bond donors (Lipinski definition) is 2. The van der Waals surface area contributed by atoms with Gasteiger partial charge in [0, 0.05) is 11.0 Å². The highest BCUT2D eigenvalue weighted by Crippen LogP contribution is 2.28. The third-order valence-electron chi connectivity index (χ3n) is 6.59. The first-order chi connectivity index (χ1) is 20.6. The Balaban J connectivity index is 1.49. The summed E-state index contributed by atoms with van der Waals surface area (Å²) in [4.78, 5) is 26.5. The van der Waals surface area contributed by atoms with Crippen molar-refractivity contribution in [3.63, 3.8) is 0 Å². The van der Waals surface area contributed by atoms with Gasteiger partial charge in [0.2, 0.25) is 5.91 Å². The van der Waals surface area contributed by atoms with Crippen LogP contribution >= 0.6 is 15.9 Å². The molecule has 0 saturated heterocycles. The molecule has 0 unspecified atom stereocenters. The molecule has 0 aliphatic rings. The van der Waals surface area contributed by atoms with Gasteiger partial charge in [0.15, 0.2) is 11.5 Å². The second-order valence-electron chi connectivity index (χ2n) is 9.59. The molecule has 0 aliphatic carbocycles. The smallest absolute Gasteiger partial charge is 0.264 e. The first-order valence-corrected chi connectivity index (χ1v) is 15.6. The van der Waals surface area contributed by atoms with Gasteiger partial charge >= 0.3 is 0 Å². The summed E-state index contributed by atoms with van der Waals surface area (Å²) in [5.41, 5.74) is 2.68. The van der Waals surface area contributed by atoms with Crippen molar-refractivity contribution < 1.29 is 27.5 Å². The Morgan fingerprint density at radius 2 is 1.58 bits per heavy atom. The zero-order valence-electron chi connectivity index (χ0n) is 24.0. The van der Waals surface area contributed by atoms with E-state index in [4.69, 9.17) is 9.47 Å². The van der Waals surface area contributed by atoms with Crippen molar-refractivity contribution in [2.45, 2.75) is 18.2 Å². The minimum absolute atomic E-state index is 0.0557. The van der Waals surface area contributed by atoms with Crippen LogP contribution in [0.25, 0.3) is 0 Å². The molecular formula is C32H32BrN3O6S. The molecule has 4 rings (SSSR count). The number of ether oxygens (including phenoxy) is 2.